The van der Waals surface area contributed by atoms with E-state index in [2.05, 4.69) is 4.98 Å². The number of rotatable bonds is 4. The predicted octanol–water partition coefficient (Wildman–Crippen LogP) is -0.122. The third kappa shape index (κ3) is 2.45. The summed E-state index contributed by atoms with van der Waals surface area (Å²) in [5, 5.41) is 6.39. The number of aliphatic hydroxyl groups is 1. The van der Waals surface area contributed by atoms with Crippen LogP contribution in [0.3, 0.4) is 0 Å². The van der Waals surface area contributed by atoms with E-state index >= 15 is 0 Å². The highest BCUT2D eigenvalue weighted by molar-refractivity contribution is 7.72. The predicted molar refractivity (Wildman–Crippen MR) is 67.9 cm³/mol. The van der Waals surface area contributed by atoms with Crippen molar-refractivity contribution in [2.24, 2.45) is 0 Å². The summed E-state index contributed by atoms with van der Waals surface area (Å²) in [6.45, 7) is 0. The normalized spacial score (nSPS) is 13.8. The number of pyridine rings is 1. The molecule has 5 N–H and O–H groups in total. The highest BCUT2D eigenvalue weighted by Crippen LogP contribution is 2.68. The van der Waals surface area contributed by atoms with Crippen molar-refractivity contribution in [3.05, 3.63) is 36.3 Å². The van der Waals surface area contributed by atoms with Crippen LogP contribution in [0.1, 0.15) is 5.56 Å². The van der Waals surface area contributed by atoms with E-state index in [-0.39, 0.29) is 11.2 Å². The van der Waals surface area contributed by atoms with Crippen LogP contribution in [0.2, 0.25) is 0 Å². The SMILES string of the molecule is O=P(O)(O)C(O)(Cc1cccn2ccnc12)P(=O)(O)O. The van der Waals surface area contributed by atoms with E-state index in [9.17, 15) is 14.2 Å². The van der Waals surface area contributed by atoms with Crippen LogP contribution in [0.25, 0.3) is 5.65 Å². The van der Waals surface area contributed by atoms with Gasteiger partial charge in [-0.1, -0.05) is 6.07 Å². The van der Waals surface area contributed by atoms with Crippen molar-refractivity contribution in [1.82, 2.24) is 9.38 Å². The third-order valence-electron chi connectivity index (χ3n) is 2.86. The third-order valence-corrected chi connectivity index (χ3v) is 6.61. The van der Waals surface area contributed by atoms with Crippen molar-refractivity contribution >= 4 is 20.8 Å². The molecule has 0 aliphatic rings. The number of fused-ring (bicyclic) bond motifs is 1. The average molecular weight is 322 g/mol. The molecule has 110 valence electrons. The molecule has 0 bridgehead atoms. The largest absolute Gasteiger partial charge is 0.369 e. The first-order valence-corrected chi connectivity index (χ1v) is 8.53. The molecule has 2 heterocycles. The standard InChI is InChI=1S/C9H12N2O7P2/c12-9(19(13,14)15,20(16,17)18)6-7-2-1-4-11-5-3-10-8(7)11/h1-5,12H,6H2,(H2,13,14,15)(H2,16,17,18). The van der Waals surface area contributed by atoms with E-state index < -0.39 is 26.7 Å². The van der Waals surface area contributed by atoms with Crippen molar-refractivity contribution in [3.63, 3.8) is 0 Å². The van der Waals surface area contributed by atoms with Crippen LogP contribution in [0, 0.1) is 0 Å². The van der Waals surface area contributed by atoms with Crippen molar-refractivity contribution in [2.75, 3.05) is 0 Å². The quantitative estimate of drug-likeness (QED) is 0.488. The Labute approximate surface area is 112 Å². The van der Waals surface area contributed by atoms with E-state index in [1.807, 2.05) is 0 Å². The summed E-state index contributed by atoms with van der Waals surface area (Å²) in [5.74, 6) is 0. The van der Waals surface area contributed by atoms with Crippen molar-refractivity contribution in [1.29, 1.82) is 0 Å². The molecule has 0 aliphatic carbocycles. The van der Waals surface area contributed by atoms with Gasteiger partial charge in [0, 0.05) is 25.0 Å². The van der Waals surface area contributed by atoms with Crippen molar-refractivity contribution in [3.8, 4) is 0 Å². The number of hydrogen-bond acceptors (Lipinski definition) is 4. The molecule has 0 unspecified atom stereocenters. The van der Waals surface area contributed by atoms with Gasteiger partial charge in [-0.2, -0.15) is 0 Å². The van der Waals surface area contributed by atoms with Crippen LogP contribution in [0.5, 0.6) is 0 Å². The van der Waals surface area contributed by atoms with Crippen molar-refractivity contribution in [2.45, 2.75) is 11.5 Å². The van der Waals surface area contributed by atoms with Gasteiger partial charge in [-0.25, -0.2) is 4.98 Å². The maximum absolute atomic E-state index is 11.3. The van der Waals surface area contributed by atoms with Crippen LogP contribution in [0.4, 0.5) is 0 Å². The van der Waals surface area contributed by atoms with Crippen LogP contribution < -0.4 is 0 Å². The van der Waals surface area contributed by atoms with Gasteiger partial charge in [0.15, 0.2) is 0 Å². The van der Waals surface area contributed by atoms with E-state index in [4.69, 9.17) is 19.6 Å². The summed E-state index contributed by atoms with van der Waals surface area (Å²) < 4.78 is 24.1. The highest BCUT2D eigenvalue weighted by atomic mass is 31.2. The van der Waals surface area contributed by atoms with E-state index in [1.165, 1.54) is 22.7 Å². The highest BCUT2D eigenvalue weighted by Gasteiger charge is 2.59. The Kier molecular flexibility index (Phi) is 3.64. The molecule has 0 radical (unpaired) electrons. The number of aromatic nitrogens is 2. The van der Waals surface area contributed by atoms with Crippen LogP contribution in [-0.2, 0) is 15.6 Å². The van der Waals surface area contributed by atoms with Gasteiger partial charge in [-0.15, -0.1) is 0 Å². The lowest BCUT2D eigenvalue weighted by atomic mass is 10.2. The minimum atomic E-state index is -5.48. The molecule has 11 heteroatoms. The van der Waals surface area contributed by atoms with Gasteiger partial charge in [0.1, 0.15) is 5.65 Å². The monoisotopic (exact) mass is 322 g/mol. The number of hydrogen-bond donors (Lipinski definition) is 5. The van der Waals surface area contributed by atoms with Crippen molar-refractivity contribution < 1.29 is 33.8 Å². The van der Waals surface area contributed by atoms with E-state index in [1.54, 1.807) is 12.4 Å². The topological polar surface area (TPSA) is 153 Å². The molecule has 0 aromatic carbocycles. The minimum Gasteiger partial charge on any atom is -0.367 e. The zero-order chi connectivity index (χ0) is 15.2. The minimum absolute atomic E-state index is 0.103. The molecular formula is C9H12N2O7P2. The van der Waals surface area contributed by atoms with Crippen LogP contribution >= 0.6 is 15.2 Å². The van der Waals surface area contributed by atoms with Gasteiger partial charge < -0.3 is 29.1 Å². The molecule has 0 saturated heterocycles. The number of imidazole rings is 1. The molecular weight excluding hydrogens is 310 g/mol. The Morgan fingerprint density at radius 3 is 2.30 bits per heavy atom. The van der Waals surface area contributed by atoms with Gasteiger partial charge >= 0.3 is 15.2 Å². The summed E-state index contributed by atoms with van der Waals surface area (Å²) >= 11 is 0. The summed E-state index contributed by atoms with van der Waals surface area (Å²) in [7, 11) is -11.0. The molecule has 2 aromatic rings. The maximum Gasteiger partial charge on any atom is 0.369 e. The fourth-order valence-corrected chi connectivity index (χ4v) is 3.89. The fraction of sp³-hybridized carbons (Fsp3) is 0.222. The molecule has 0 saturated carbocycles. The summed E-state index contributed by atoms with van der Waals surface area (Å²) in [4.78, 5) is 40.3. The second kappa shape index (κ2) is 4.75. The fourth-order valence-electron chi connectivity index (χ4n) is 1.78. The number of nitrogens with zero attached hydrogens (tertiary/aromatic N) is 2. The zero-order valence-electron chi connectivity index (χ0n) is 9.94. The van der Waals surface area contributed by atoms with Crippen LogP contribution in [-0.4, -0.2) is 39.1 Å². The first kappa shape index (κ1) is 15.3. The zero-order valence-corrected chi connectivity index (χ0v) is 11.7. The Balaban J connectivity index is 2.57. The Hall–Kier alpha value is -1.05. The lowest BCUT2D eigenvalue weighted by molar-refractivity contribution is 0.131. The van der Waals surface area contributed by atoms with Gasteiger partial charge in [-0.05, 0) is 11.6 Å². The molecule has 0 aliphatic heterocycles. The molecule has 0 fully saturated rings. The second-order valence-electron chi connectivity index (χ2n) is 4.23. The molecule has 0 amide bonds. The molecule has 20 heavy (non-hydrogen) atoms. The Morgan fingerprint density at radius 1 is 1.15 bits per heavy atom. The van der Waals surface area contributed by atoms with Crippen LogP contribution in [0.15, 0.2) is 30.7 Å². The van der Waals surface area contributed by atoms with Gasteiger partial charge in [-0.3, -0.25) is 9.13 Å². The maximum atomic E-state index is 11.3. The molecule has 0 spiro atoms. The Bertz CT molecular complexity index is 709. The molecule has 9 nitrogen and oxygen atoms in total. The lowest BCUT2D eigenvalue weighted by Gasteiger charge is -2.29. The second-order valence-corrected chi connectivity index (χ2v) is 8.24. The average Bonchev–Trinajstić information content (AvgIpc) is 2.74. The van der Waals surface area contributed by atoms with E-state index in [0.717, 1.165) is 0 Å². The summed E-state index contributed by atoms with van der Waals surface area (Å²) in [6, 6.07) is 2.88. The first-order valence-electron chi connectivity index (χ1n) is 5.30. The van der Waals surface area contributed by atoms with Gasteiger partial charge in [0.05, 0.1) is 0 Å². The van der Waals surface area contributed by atoms with Gasteiger partial charge in [0.2, 0.25) is 0 Å². The Morgan fingerprint density at radius 2 is 1.75 bits per heavy atom. The first-order chi connectivity index (χ1) is 9.06. The molecule has 2 rings (SSSR count). The lowest BCUT2D eigenvalue weighted by Crippen LogP contribution is -2.31. The van der Waals surface area contributed by atoms with Gasteiger partial charge in [0.25, 0.3) is 5.08 Å². The smallest absolute Gasteiger partial charge is 0.367 e. The summed E-state index contributed by atoms with van der Waals surface area (Å²) in [6.07, 6.45) is 3.63. The van der Waals surface area contributed by atoms with E-state index in [0.29, 0.717) is 0 Å². The summed E-state index contributed by atoms with van der Waals surface area (Å²) in [5.41, 5.74) is 0.347. The molecule has 0 atom stereocenters. The molecule has 2 aromatic heterocycles.